The van der Waals surface area contributed by atoms with Gasteiger partial charge in [0.1, 0.15) is 0 Å². The van der Waals surface area contributed by atoms with Gasteiger partial charge in [-0.2, -0.15) is 5.10 Å². The molecule has 6 nitrogen and oxygen atoms in total. The van der Waals surface area contributed by atoms with Gasteiger partial charge in [0.15, 0.2) is 0 Å². The number of amides is 1. The smallest absolute Gasteiger partial charge is 0.226 e. The van der Waals surface area contributed by atoms with E-state index >= 15 is 0 Å². The number of nitrogens with one attached hydrogen (secondary N) is 1. The summed E-state index contributed by atoms with van der Waals surface area (Å²) >= 11 is 0. The van der Waals surface area contributed by atoms with Crippen LogP contribution in [-0.4, -0.2) is 33.4 Å². The van der Waals surface area contributed by atoms with E-state index in [9.17, 15) is 4.79 Å². The van der Waals surface area contributed by atoms with E-state index in [4.69, 9.17) is 10.8 Å². The summed E-state index contributed by atoms with van der Waals surface area (Å²) in [5, 5.41) is 17.2. The number of aryl methyl sites for hydroxylation is 1. The molecule has 0 unspecified atom stereocenters. The van der Waals surface area contributed by atoms with Crippen molar-refractivity contribution in [1.82, 2.24) is 9.78 Å². The van der Waals surface area contributed by atoms with Crippen molar-refractivity contribution < 1.29 is 9.90 Å². The number of nitrogens with zero attached hydrogens (tertiary/aromatic N) is 2. The maximum Gasteiger partial charge on any atom is 0.226 e. The summed E-state index contributed by atoms with van der Waals surface area (Å²) in [5.41, 5.74) is 9.29. The van der Waals surface area contributed by atoms with E-state index in [1.165, 1.54) is 0 Å². The molecule has 0 aliphatic heterocycles. The number of carbonyl (C=O) groups excluding carboxylic acids is 1. The Labute approximate surface area is 152 Å². The Morgan fingerprint density at radius 1 is 1.32 bits per heavy atom. The number of rotatable bonds is 5. The molecule has 0 saturated heterocycles. The first-order valence-electron chi connectivity index (χ1n) is 7.78. The van der Waals surface area contributed by atoms with Crippen molar-refractivity contribution in [3.8, 4) is 5.69 Å². The summed E-state index contributed by atoms with van der Waals surface area (Å²) in [6, 6.07) is 13.1. The van der Waals surface area contributed by atoms with Gasteiger partial charge >= 0.3 is 0 Å². The van der Waals surface area contributed by atoms with Crippen molar-refractivity contribution in [2.75, 3.05) is 11.9 Å². The molecule has 0 aliphatic carbocycles. The molecular formula is C18H21ClN4O2. The fourth-order valence-corrected chi connectivity index (χ4v) is 2.58. The molecule has 3 rings (SSSR count). The summed E-state index contributed by atoms with van der Waals surface area (Å²) in [4.78, 5) is 11.9. The highest BCUT2D eigenvalue weighted by Gasteiger charge is 2.10. The predicted octanol–water partition coefficient (Wildman–Crippen LogP) is 2.40. The normalized spacial score (nSPS) is 11.8. The van der Waals surface area contributed by atoms with E-state index in [1.54, 1.807) is 6.20 Å². The van der Waals surface area contributed by atoms with E-state index in [1.807, 2.05) is 48.0 Å². The Bertz CT molecular complexity index is 878. The maximum absolute atomic E-state index is 11.9. The molecule has 0 radical (unpaired) electrons. The Morgan fingerprint density at radius 2 is 2.12 bits per heavy atom. The second-order valence-corrected chi connectivity index (χ2v) is 5.86. The zero-order valence-electron chi connectivity index (χ0n) is 13.8. The molecule has 2 aromatic carbocycles. The van der Waals surface area contributed by atoms with Crippen LogP contribution >= 0.6 is 12.4 Å². The number of halogens is 1. The molecule has 132 valence electrons. The Balaban J connectivity index is 0.00000225. The van der Waals surface area contributed by atoms with Gasteiger partial charge in [-0.3, -0.25) is 4.79 Å². The molecule has 0 saturated carbocycles. The lowest BCUT2D eigenvalue weighted by Gasteiger charge is -2.10. The minimum atomic E-state index is -0.549. The zero-order valence-corrected chi connectivity index (χ0v) is 14.7. The monoisotopic (exact) mass is 360 g/mol. The standard InChI is InChI=1S/C18H20N4O2.ClH/c1-12-3-2-4-16(7-12)22-17-9-15(6-5-13(17)10-20-22)21-18(24)8-14(19)11-23;/h2-7,9-10,14,23H,8,11,19H2,1H3,(H,21,24);1H/t14-;/m0./s1. The summed E-state index contributed by atoms with van der Waals surface area (Å²) in [7, 11) is 0. The van der Waals surface area contributed by atoms with Crippen molar-refractivity contribution in [3.05, 3.63) is 54.2 Å². The first-order valence-corrected chi connectivity index (χ1v) is 7.78. The summed E-state index contributed by atoms with van der Waals surface area (Å²) in [6.45, 7) is 1.82. The topological polar surface area (TPSA) is 93.2 Å². The molecule has 7 heteroatoms. The fraction of sp³-hybridized carbons (Fsp3) is 0.222. The predicted molar refractivity (Wildman–Crippen MR) is 101 cm³/mol. The van der Waals surface area contributed by atoms with Crippen LogP contribution in [0.2, 0.25) is 0 Å². The van der Waals surface area contributed by atoms with Gasteiger partial charge in [0.2, 0.25) is 5.91 Å². The van der Waals surface area contributed by atoms with Crippen LogP contribution in [-0.2, 0) is 4.79 Å². The van der Waals surface area contributed by atoms with Crippen LogP contribution in [0.3, 0.4) is 0 Å². The quantitative estimate of drug-likeness (QED) is 0.651. The van der Waals surface area contributed by atoms with Crippen LogP contribution in [0.15, 0.2) is 48.7 Å². The molecule has 0 bridgehead atoms. The van der Waals surface area contributed by atoms with Gasteiger partial charge in [-0.15, -0.1) is 12.4 Å². The van der Waals surface area contributed by atoms with Crippen LogP contribution in [0.5, 0.6) is 0 Å². The lowest BCUT2D eigenvalue weighted by atomic mass is 10.2. The van der Waals surface area contributed by atoms with Gasteiger partial charge in [-0.1, -0.05) is 12.1 Å². The molecule has 1 aromatic heterocycles. The second kappa shape index (κ2) is 8.11. The number of fused-ring (bicyclic) bond motifs is 1. The van der Waals surface area contributed by atoms with Crippen LogP contribution < -0.4 is 11.1 Å². The van der Waals surface area contributed by atoms with Gasteiger partial charge in [0.25, 0.3) is 0 Å². The van der Waals surface area contributed by atoms with E-state index in [-0.39, 0.29) is 31.3 Å². The molecular weight excluding hydrogens is 340 g/mol. The van der Waals surface area contributed by atoms with Crippen molar-refractivity contribution in [2.24, 2.45) is 5.73 Å². The highest BCUT2D eigenvalue weighted by Crippen LogP contribution is 2.22. The Kier molecular flexibility index (Phi) is 6.14. The van der Waals surface area contributed by atoms with Crippen LogP contribution in [0.25, 0.3) is 16.6 Å². The first kappa shape index (κ1) is 18.9. The third-order valence-corrected chi connectivity index (χ3v) is 3.78. The molecule has 0 aliphatic rings. The highest BCUT2D eigenvalue weighted by atomic mass is 35.5. The zero-order chi connectivity index (χ0) is 17.1. The number of hydrogen-bond acceptors (Lipinski definition) is 4. The minimum Gasteiger partial charge on any atom is -0.395 e. The fourth-order valence-electron chi connectivity index (χ4n) is 2.58. The van der Waals surface area contributed by atoms with E-state index in [0.717, 1.165) is 22.2 Å². The lowest BCUT2D eigenvalue weighted by Crippen LogP contribution is -2.30. The van der Waals surface area contributed by atoms with Crippen molar-refractivity contribution >= 4 is 34.9 Å². The molecule has 1 atom stereocenters. The van der Waals surface area contributed by atoms with E-state index in [2.05, 4.69) is 16.5 Å². The molecule has 0 spiro atoms. The molecule has 1 heterocycles. The summed E-state index contributed by atoms with van der Waals surface area (Å²) < 4.78 is 1.84. The van der Waals surface area contributed by atoms with Crippen molar-refractivity contribution in [1.29, 1.82) is 0 Å². The third-order valence-electron chi connectivity index (χ3n) is 3.78. The summed E-state index contributed by atoms with van der Waals surface area (Å²) in [5.74, 6) is -0.225. The largest absolute Gasteiger partial charge is 0.395 e. The van der Waals surface area contributed by atoms with Gasteiger partial charge in [0, 0.05) is 23.5 Å². The summed E-state index contributed by atoms with van der Waals surface area (Å²) in [6.07, 6.45) is 1.87. The van der Waals surface area contributed by atoms with Gasteiger partial charge in [-0.05, 0) is 42.8 Å². The number of aliphatic hydroxyl groups is 1. The second-order valence-electron chi connectivity index (χ2n) is 5.86. The average molecular weight is 361 g/mol. The number of carbonyl (C=O) groups is 1. The SMILES string of the molecule is Cc1cccc(-n2ncc3ccc(NC(=O)C[C@H](N)CO)cc32)c1.Cl. The number of aromatic nitrogens is 2. The maximum atomic E-state index is 11.9. The number of benzene rings is 2. The molecule has 3 aromatic rings. The van der Waals surface area contributed by atoms with Crippen LogP contribution in [0.4, 0.5) is 5.69 Å². The Morgan fingerprint density at radius 3 is 2.84 bits per heavy atom. The molecule has 0 fully saturated rings. The van der Waals surface area contributed by atoms with Crippen LogP contribution in [0.1, 0.15) is 12.0 Å². The van der Waals surface area contributed by atoms with Crippen LogP contribution in [0, 0.1) is 6.92 Å². The molecule has 25 heavy (non-hydrogen) atoms. The van der Waals surface area contributed by atoms with E-state index in [0.29, 0.717) is 5.69 Å². The van der Waals surface area contributed by atoms with Gasteiger partial charge < -0.3 is 16.2 Å². The minimum absolute atomic E-state index is 0. The highest BCUT2D eigenvalue weighted by molar-refractivity contribution is 5.94. The number of hydrogen-bond donors (Lipinski definition) is 3. The number of anilines is 1. The molecule has 1 amide bonds. The third kappa shape index (κ3) is 4.36. The Hall–Kier alpha value is -2.41. The number of nitrogens with two attached hydrogens (primary N) is 1. The molecule has 4 N–H and O–H groups in total. The lowest BCUT2D eigenvalue weighted by molar-refractivity contribution is -0.116. The number of aliphatic hydroxyl groups excluding tert-OH is 1. The van der Waals surface area contributed by atoms with Gasteiger partial charge in [0.05, 0.1) is 24.0 Å². The van der Waals surface area contributed by atoms with Crippen molar-refractivity contribution in [2.45, 2.75) is 19.4 Å². The van der Waals surface area contributed by atoms with E-state index < -0.39 is 6.04 Å². The average Bonchev–Trinajstić information content (AvgIpc) is 2.97. The van der Waals surface area contributed by atoms with Gasteiger partial charge in [-0.25, -0.2) is 4.68 Å². The first-order chi connectivity index (χ1) is 11.6. The van der Waals surface area contributed by atoms with Crippen molar-refractivity contribution in [3.63, 3.8) is 0 Å².